The molecule has 0 saturated carbocycles. The van der Waals surface area contributed by atoms with E-state index in [0.29, 0.717) is 0 Å². The van der Waals surface area contributed by atoms with Crippen LogP contribution in [0.1, 0.15) is 17.0 Å². The Morgan fingerprint density at radius 3 is 2.14 bits per heavy atom. The molecule has 3 rings (SSSR count). The van der Waals surface area contributed by atoms with E-state index in [-0.39, 0.29) is 12.5 Å². The first-order valence-corrected chi connectivity index (χ1v) is 7.71. The molecule has 1 aliphatic rings. The molecule has 0 saturated heterocycles. The zero-order valence-electron chi connectivity index (χ0n) is 11.1. The third-order valence-corrected chi connectivity index (χ3v) is 3.83. The molecule has 0 spiro atoms. The lowest BCUT2D eigenvalue weighted by Gasteiger charge is -2.14. The van der Waals surface area contributed by atoms with Crippen LogP contribution in [0.15, 0.2) is 48.5 Å². The van der Waals surface area contributed by atoms with E-state index in [1.54, 1.807) is 0 Å². The van der Waals surface area contributed by atoms with Gasteiger partial charge in [-0.15, -0.1) is 0 Å². The minimum atomic E-state index is -2.24. The predicted molar refractivity (Wildman–Crippen MR) is 79.5 cm³/mol. The van der Waals surface area contributed by atoms with E-state index in [1.807, 2.05) is 36.4 Å². The monoisotopic (exact) mass is 303 g/mol. The van der Waals surface area contributed by atoms with Crippen molar-refractivity contribution < 1.29 is 18.9 Å². The Morgan fingerprint density at radius 2 is 1.62 bits per heavy atom. The highest BCUT2D eigenvalue weighted by molar-refractivity contribution is 7.43. The Morgan fingerprint density at radius 1 is 1.10 bits per heavy atom. The summed E-state index contributed by atoms with van der Waals surface area (Å²) >= 11 is 0. The first-order valence-electron chi connectivity index (χ1n) is 6.43. The summed E-state index contributed by atoms with van der Waals surface area (Å²) in [5.74, 6) is -0.0346. The fourth-order valence-electron chi connectivity index (χ4n) is 2.69. The molecular weight excluding hydrogens is 289 g/mol. The maximum Gasteiger partial charge on any atom is 0.513 e. The molecule has 3 N–H and O–H groups in total. The van der Waals surface area contributed by atoms with Crippen molar-refractivity contribution in [3.63, 3.8) is 0 Å². The Balaban J connectivity index is 1.84. The topological polar surface area (TPSA) is 81.8 Å². The van der Waals surface area contributed by atoms with Crippen molar-refractivity contribution in [2.45, 2.75) is 5.92 Å². The van der Waals surface area contributed by atoms with Crippen LogP contribution in [0.4, 0.5) is 4.79 Å². The number of carbonyl (C=O) groups is 1. The lowest BCUT2D eigenvalue weighted by Crippen LogP contribution is -2.13. The van der Waals surface area contributed by atoms with Crippen LogP contribution in [0.25, 0.3) is 11.1 Å². The van der Waals surface area contributed by atoms with Crippen LogP contribution in [0.3, 0.4) is 0 Å². The SMILES string of the molecule is NP(O)OC(=O)OCC1c2ccccc2-c2ccccc21. The summed E-state index contributed by atoms with van der Waals surface area (Å²) in [5, 5.41) is 0. The van der Waals surface area contributed by atoms with Gasteiger partial charge in [-0.05, 0) is 22.3 Å². The van der Waals surface area contributed by atoms with Crippen molar-refractivity contribution in [3.8, 4) is 11.1 Å². The van der Waals surface area contributed by atoms with Crippen molar-refractivity contribution in [1.82, 2.24) is 0 Å². The number of nitrogens with two attached hydrogens (primary N) is 1. The summed E-state index contributed by atoms with van der Waals surface area (Å²) in [6.07, 6.45) is -0.951. The molecule has 108 valence electrons. The second-order valence-electron chi connectivity index (χ2n) is 4.68. The van der Waals surface area contributed by atoms with E-state index in [9.17, 15) is 4.79 Å². The molecule has 0 fully saturated rings. The highest BCUT2D eigenvalue weighted by Gasteiger charge is 2.29. The summed E-state index contributed by atoms with van der Waals surface area (Å²) in [4.78, 5) is 20.2. The molecule has 5 nitrogen and oxygen atoms in total. The van der Waals surface area contributed by atoms with Gasteiger partial charge in [0, 0.05) is 5.92 Å². The maximum absolute atomic E-state index is 11.4. The number of hydrogen-bond acceptors (Lipinski definition) is 5. The molecule has 1 atom stereocenters. The summed E-state index contributed by atoms with van der Waals surface area (Å²) in [7, 11) is -2.24. The van der Waals surface area contributed by atoms with Gasteiger partial charge in [-0.25, -0.2) is 4.79 Å². The quantitative estimate of drug-likeness (QED) is 0.672. The van der Waals surface area contributed by atoms with Gasteiger partial charge in [0.2, 0.25) is 0 Å². The fraction of sp³-hybridized carbons (Fsp3) is 0.133. The van der Waals surface area contributed by atoms with E-state index in [2.05, 4.69) is 16.7 Å². The number of fused-ring (bicyclic) bond motifs is 3. The van der Waals surface area contributed by atoms with Gasteiger partial charge in [0.25, 0.3) is 0 Å². The van der Waals surface area contributed by atoms with Crippen molar-refractivity contribution in [1.29, 1.82) is 0 Å². The van der Waals surface area contributed by atoms with Crippen molar-refractivity contribution in [2.24, 2.45) is 5.50 Å². The lowest BCUT2D eigenvalue weighted by atomic mass is 9.98. The molecule has 21 heavy (non-hydrogen) atoms. The smallest absolute Gasteiger partial charge is 0.433 e. The molecule has 0 amide bonds. The molecule has 0 aliphatic heterocycles. The third kappa shape index (κ3) is 2.76. The van der Waals surface area contributed by atoms with Crippen molar-refractivity contribution in [3.05, 3.63) is 59.7 Å². The summed E-state index contributed by atoms with van der Waals surface area (Å²) in [5.41, 5.74) is 9.56. The number of carbonyl (C=O) groups excluding carboxylic acids is 1. The average Bonchev–Trinajstić information content (AvgIpc) is 2.79. The number of benzene rings is 2. The van der Waals surface area contributed by atoms with Gasteiger partial charge in [-0.2, -0.15) is 0 Å². The minimum absolute atomic E-state index is 0.0346. The van der Waals surface area contributed by atoms with Crippen LogP contribution in [0.5, 0.6) is 0 Å². The van der Waals surface area contributed by atoms with E-state index >= 15 is 0 Å². The van der Waals surface area contributed by atoms with Crippen LogP contribution in [0.2, 0.25) is 0 Å². The first-order chi connectivity index (χ1) is 10.2. The van der Waals surface area contributed by atoms with E-state index in [0.717, 1.165) is 22.3 Å². The zero-order chi connectivity index (χ0) is 14.8. The lowest BCUT2D eigenvalue weighted by molar-refractivity contribution is 0.0972. The number of rotatable bonds is 3. The standard InChI is InChI=1S/C15H14NO4P/c16-21(18)20-15(17)19-9-14-12-7-3-1-5-10(12)11-6-2-4-8-13(11)14/h1-8,14,18H,9,16H2. The molecule has 1 aliphatic carbocycles. The van der Waals surface area contributed by atoms with Gasteiger partial charge in [-0.1, -0.05) is 48.5 Å². The van der Waals surface area contributed by atoms with Crippen LogP contribution in [-0.4, -0.2) is 17.7 Å². The predicted octanol–water partition coefficient (Wildman–Crippen LogP) is 3.13. The Bertz CT molecular complexity index is 629. The van der Waals surface area contributed by atoms with E-state index < -0.39 is 14.7 Å². The fourth-order valence-corrected chi connectivity index (χ4v) is 2.90. The second kappa shape index (κ2) is 5.82. The van der Waals surface area contributed by atoms with Gasteiger partial charge in [0.05, 0.1) is 0 Å². The minimum Gasteiger partial charge on any atom is -0.433 e. The molecule has 0 radical (unpaired) electrons. The molecule has 2 aromatic rings. The van der Waals surface area contributed by atoms with Crippen LogP contribution < -0.4 is 5.50 Å². The van der Waals surface area contributed by atoms with Gasteiger partial charge in [-0.3, -0.25) is 5.50 Å². The molecule has 0 heterocycles. The number of hydrogen-bond donors (Lipinski definition) is 2. The van der Waals surface area contributed by atoms with Crippen molar-refractivity contribution in [2.75, 3.05) is 6.61 Å². The largest absolute Gasteiger partial charge is 0.513 e. The Hall–Kier alpha value is -1.94. The molecule has 1 unspecified atom stereocenters. The molecule has 6 heteroatoms. The van der Waals surface area contributed by atoms with Crippen LogP contribution in [0, 0.1) is 0 Å². The van der Waals surface area contributed by atoms with Gasteiger partial charge >= 0.3 is 14.7 Å². The Kier molecular flexibility index (Phi) is 3.88. The highest BCUT2D eigenvalue weighted by atomic mass is 31.2. The summed E-state index contributed by atoms with van der Waals surface area (Å²) in [6, 6.07) is 16.1. The summed E-state index contributed by atoms with van der Waals surface area (Å²) in [6.45, 7) is 0.149. The average molecular weight is 303 g/mol. The van der Waals surface area contributed by atoms with Crippen molar-refractivity contribution >= 4 is 14.7 Å². The maximum atomic E-state index is 11.4. The molecular formula is C15H14NO4P. The highest BCUT2D eigenvalue weighted by Crippen LogP contribution is 2.44. The zero-order valence-corrected chi connectivity index (χ0v) is 12.0. The van der Waals surface area contributed by atoms with Gasteiger partial charge in [0.15, 0.2) is 0 Å². The third-order valence-electron chi connectivity index (χ3n) is 3.50. The van der Waals surface area contributed by atoms with Crippen LogP contribution in [-0.2, 0) is 9.26 Å². The molecule has 0 bridgehead atoms. The van der Waals surface area contributed by atoms with Gasteiger partial charge < -0.3 is 14.2 Å². The van der Waals surface area contributed by atoms with Gasteiger partial charge in [0.1, 0.15) is 6.61 Å². The van der Waals surface area contributed by atoms with E-state index in [1.165, 1.54) is 0 Å². The van der Waals surface area contributed by atoms with Crippen LogP contribution >= 0.6 is 8.53 Å². The summed E-state index contributed by atoms with van der Waals surface area (Å²) < 4.78 is 9.49. The normalized spacial score (nSPS) is 14.2. The first kappa shape index (κ1) is 14.0. The second-order valence-corrected chi connectivity index (χ2v) is 5.47. The Labute approximate surface area is 123 Å². The molecule has 0 aromatic heterocycles. The molecule has 2 aromatic carbocycles. The van der Waals surface area contributed by atoms with E-state index in [4.69, 9.17) is 15.1 Å². The number of ether oxygens (including phenoxy) is 1.